The van der Waals surface area contributed by atoms with Crippen LogP contribution in [0.3, 0.4) is 0 Å². The number of thiocarbonyl (C=S) groups is 1. The van der Waals surface area contributed by atoms with Crippen molar-refractivity contribution in [3.63, 3.8) is 0 Å². The smallest absolute Gasteiger partial charge is 0.413 e. The van der Waals surface area contributed by atoms with Gasteiger partial charge in [-0.1, -0.05) is 18.2 Å². The largest absolute Gasteiger partial charge is 0.453 e. The molecular weight excluding hydrogens is 214 g/mol. The molecule has 0 aliphatic carbocycles. The Bertz CT molecular complexity index is 342. The first kappa shape index (κ1) is 11.3. The van der Waals surface area contributed by atoms with Crippen LogP contribution in [0.15, 0.2) is 30.3 Å². The monoisotopic (exact) mass is 225 g/mol. The third kappa shape index (κ3) is 4.28. The number of benzene rings is 1. The molecule has 0 aliphatic heterocycles. The van der Waals surface area contributed by atoms with E-state index in [1.807, 2.05) is 30.3 Å². The van der Waals surface area contributed by atoms with Crippen LogP contribution in [0.25, 0.3) is 0 Å². The summed E-state index contributed by atoms with van der Waals surface area (Å²) in [5, 5.41) is 2.44. The van der Waals surface area contributed by atoms with Crippen molar-refractivity contribution in [1.82, 2.24) is 10.7 Å². The maximum atomic E-state index is 10.7. The molecule has 6 heteroatoms. The van der Waals surface area contributed by atoms with Gasteiger partial charge in [0.25, 0.3) is 0 Å². The van der Waals surface area contributed by atoms with Gasteiger partial charge in [-0.15, -0.1) is 0 Å². The molecule has 0 aromatic heterocycles. The average Bonchev–Trinajstić information content (AvgIpc) is 2.27. The molecular formula is C9H11N3O2S. The van der Waals surface area contributed by atoms with Crippen molar-refractivity contribution in [3.8, 4) is 0 Å². The Morgan fingerprint density at radius 2 is 2.00 bits per heavy atom. The highest BCUT2D eigenvalue weighted by molar-refractivity contribution is 7.80. The Balaban J connectivity index is 2.32. The summed E-state index contributed by atoms with van der Waals surface area (Å²) in [6.07, 6.45) is -0.609. The van der Waals surface area contributed by atoms with Gasteiger partial charge in [-0.05, 0) is 24.4 Å². The molecule has 1 aromatic rings. The van der Waals surface area contributed by atoms with Crippen LogP contribution in [0.2, 0.25) is 0 Å². The van der Waals surface area contributed by atoms with Crippen LogP contribution in [0, 0.1) is 0 Å². The molecule has 0 heterocycles. The summed E-state index contributed by atoms with van der Waals surface area (Å²) in [6, 6.07) is 9.36. The topological polar surface area (TPSA) is 62.4 Å². The number of hydrogen-bond donors (Lipinski definition) is 3. The molecule has 0 bridgehead atoms. The van der Waals surface area contributed by atoms with Gasteiger partial charge in [0.1, 0.15) is 0 Å². The van der Waals surface area contributed by atoms with Crippen molar-refractivity contribution >= 4 is 29.1 Å². The molecule has 0 atom stereocenters. The number of methoxy groups -OCH3 is 1. The van der Waals surface area contributed by atoms with Crippen LogP contribution >= 0.6 is 12.2 Å². The van der Waals surface area contributed by atoms with Crippen molar-refractivity contribution in [2.45, 2.75) is 0 Å². The standard InChI is InChI=1S/C9H11N3O2S/c1-14-9(13)10-8(15)12-11-7-5-3-2-4-6-7/h2-6,11H,1H3,(H2,10,12,13,15). The van der Waals surface area contributed by atoms with Gasteiger partial charge in [-0.2, -0.15) is 0 Å². The molecule has 0 spiro atoms. The number of ether oxygens (including phenoxy) is 1. The number of carbonyl (C=O) groups is 1. The number of rotatable bonds is 2. The summed E-state index contributed by atoms with van der Waals surface area (Å²) in [6.45, 7) is 0. The second kappa shape index (κ2) is 5.82. The van der Waals surface area contributed by atoms with Crippen LogP contribution in [-0.4, -0.2) is 18.3 Å². The summed E-state index contributed by atoms with van der Waals surface area (Å²) in [5.74, 6) is 0. The van der Waals surface area contributed by atoms with Crippen LogP contribution < -0.4 is 16.2 Å². The third-order valence-corrected chi connectivity index (χ3v) is 1.70. The van der Waals surface area contributed by atoms with E-state index < -0.39 is 6.09 Å². The van der Waals surface area contributed by atoms with Crippen molar-refractivity contribution in [2.75, 3.05) is 12.5 Å². The van der Waals surface area contributed by atoms with Crippen LogP contribution in [0.5, 0.6) is 0 Å². The van der Waals surface area contributed by atoms with Gasteiger partial charge in [0, 0.05) is 0 Å². The molecule has 0 aliphatic rings. The number of carbonyl (C=O) groups excluding carboxylic acids is 1. The number of nitrogens with one attached hydrogen (secondary N) is 3. The van der Waals surface area contributed by atoms with Crippen LogP contribution in [-0.2, 0) is 4.74 Å². The van der Waals surface area contributed by atoms with E-state index in [0.29, 0.717) is 0 Å². The second-order valence-corrected chi connectivity index (χ2v) is 2.97. The van der Waals surface area contributed by atoms with E-state index in [9.17, 15) is 4.79 Å². The summed E-state index contributed by atoms with van der Waals surface area (Å²) in [5.41, 5.74) is 6.29. The van der Waals surface area contributed by atoms with E-state index in [4.69, 9.17) is 12.2 Å². The molecule has 0 fully saturated rings. The molecule has 1 rings (SSSR count). The number of hydrogen-bond acceptors (Lipinski definition) is 4. The first-order valence-corrected chi connectivity index (χ1v) is 4.59. The quantitative estimate of drug-likeness (QED) is 0.522. The summed E-state index contributed by atoms with van der Waals surface area (Å²) in [7, 11) is 1.27. The molecule has 1 amide bonds. The van der Waals surface area contributed by atoms with E-state index in [2.05, 4.69) is 20.9 Å². The Morgan fingerprint density at radius 3 is 2.60 bits per heavy atom. The molecule has 15 heavy (non-hydrogen) atoms. The van der Waals surface area contributed by atoms with Gasteiger partial charge < -0.3 is 4.74 Å². The predicted octanol–water partition coefficient (Wildman–Crippen LogP) is 1.24. The Hall–Kier alpha value is -1.82. The van der Waals surface area contributed by atoms with Gasteiger partial charge >= 0.3 is 6.09 Å². The zero-order valence-corrected chi connectivity index (χ0v) is 8.93. The fourth-order valence-electron chi connectivity index (χ4n) is 0.825. The summed E-state index contributed by atoms with van der Waals surface area (Å²) < 4.78 is 4.37. The lowest BCUT2D eigenvalue weighted by molar-refractivity contribution is 0.177. The average molecular weight is 225 g/mol. The SMILES string of the molecule is COC(=O)NC(=S)NNc1ccccc1. The summed E-state index contributed by atoms with van der Waals surface area (Å²) in [4.78, 5) is 10.7. The van der Waals surface area contributed by atoms with E-state index in [0.717, 1.165) is 5.69 Å². The number of anilines is 1. The fourth-order valence-corrected chi connectivity index (χ4v) is 0.960. The molecule has 0 radical (unpaired) electrons. The van der Waals surface area contributed by atoms with Crippen molar-refractivity contribution in [3.05, 3.63) is 30.3 Å². The highest BCUT2D eigenvalue weighted by atomic mass is 32.1. The second-order valence-electron chi connectivity index (χ2n) is 2.56. The normalized spacial score (nSPS) is 8.87. The highest BCUT2D eigenvalue weighted by Gasteiger charge is 2.01. The van der Waals surface area contributed by atoms with Gasteiger partial charge in [-0.25, -0.2) is 4.79 Å². The lowest BCUT2D eigenvalue weighted by atomic mass is 10.3. The number of hydrazine groups is 1. The van der Waals surface area contributed by atoms with Gasteiger partial charge in [0.15, 0.2) is 5.11 Å². The fraction of sp³-hybridized carbons (Fsp3) is 0.111. The Morgan fingerprint density at radius 1 is 1.33 bits per heavy atom. The number of para-hydroxylation sites is 1. The molecule has 3 N–H and O–H groups in total. The van der Waals surface area contributed by atoms with E-state index >= 15 is 0 Å². The first-order valence-electron chi connectivity index (χ1n) is 4.18. The molecule has 0 unspecified atom stereocenters. The minimum Gasteiger partial charge on any atom is -0.453 e. The van der Waals surface area contributed by atoms with E-state index in [1.165, 1.54) is 7.11 Å². The molecule has 0 saturated carbocycles. The van der Waals surface area contributed by atoms with Crippen molar-refractivity contribution in [1.29, 1.82) is 0 Å². The molecule has 0 saturated heterocycles. The zero-order chi connectivity index (χ0) is 11.1. The van der Waals surface area contributed by atoms with Crippen molar-refractivity contribution in [2.24, 2.45) is 0 Å². The lowest BCUT2D eigenvalue weighted by Gasteiger charge is -2.10. The van der Waals surface area contributed by atoms with Gasteiger partial charge in [0.2, 0.25) is 0 Å². The van der Waals surface area contributed by atoms with Gasteiger partial charge in [0.05, 0.1) is 12.8 Å². The lowest BCUT2D eigenvalue weighted by Crippen LogP contribution is -2.41. The molecule has 80 valence electrons. The zero-order valence-electron chi connectivity index (χ0n) is 8.11. The van der Waals surface area contributed by atoms with Crippen LogP contribution in [0.1, 0.15) is 0 Å². The number of amides is 1. The van der Waals surface area contributed by atoms with Gasteiger partial charge in [-0.3, -0.25) is 16.2 Å². The highest BCUT2D eigenvalue weighted by Crippen LogP contribution is 2.02. The minimum absolute atomic E-state index is 0.144. The molecule has 1 aromatic carbocycles. The minimum atomic E-state index is -0.609. The van der Waals surface area contributed by atoms with E-state index in [-0.39, 0.29) is 5.11 Å². The summed E-state index contributed by atoms with van der Waals surface area (Å²) >= 11 is 4.81. The number of alkyl carbamates (subject to hydrolysis) is 1. The van der Waals surface area contributed by atoms with Crippen molar-refractivity contribution < 1.29 is 9.53 Å². The Labute approximate surface area is 92.8 Å². The maximum absolute atomic E-state index is 10.7. The first-order chi connectivity index (χ1) is 7.22. The van der Waals surface area contributed by atoms with E-state index in [1.54, 1.807) is 0 Å². The Kier molecular flexibility index (Phi) is 4.36. The van der Waals surface area contributed by atoms with Crippen LogP contribution in [0.4, 0.5) is 10.5 Å². The third-order valence-electron chi connectivity index (χ3n) is 1.50. The molecule has 5 nitrogen and oxygen atoms in total. The predicted molar refractivity (Wildman–Crippen MR) is 61.3 cm³/mol. The maximum Gasteiger partial charge on any atom is 0.413 e.